The molecule has 0 unspecified atom stereocenters. The third-order valence-electron chi connectivity index (χ3n) is 4.88. The maximum Gasteiger partial charge on any atom is 0.263 e. The van der Waals surface area contributed by atoms with Gasteiger partial charge in [0.25, 0.3) is 5.91 Å². The van der Waals surface area contributed by atoms with Gasteiger partial charge in [0.05, 0.1) is 23.1 Å². The standard InChI is InChI=1S/C20H21FN4O3S/c1-12-15(19(25-28-12)16-4-2-13(21)10-22-16)3-5-18-23-11-17(29-18)20(26)24-14-6-8-27-9-7-14/h2,4,10-11,14H,3,5-9H2,1H3,(H,24,26). The molecular weight excluding hydrogens is 395 g/mol. The number of aromatic nitrogens is 3. The molecule has 1 amide bonds. The van der Waals surface area contributed by atoms with E-state index in [4.69, 9.17) is 9.26 Å². The number of ether oxygens (including phenoxy) is 1. The number of nitrogens with one attached hydrogen (secondary N) is 1. The Morgan fingerprint density at radius 1 is 1.24 bits per heavy atom. The molecular formula is C20H21FN4O3S. The summed E-state index contributed by atoms with van der Waals surface area (Å²) >= 11 is 1.39. The van der Waals surface area contributed by atoms with Crippen molar-refractivity contribution in [1.82, 2.24) is 20.4 Å². The Hall–Kier alpha value is -2.65. The Balaban J connectivity index is 1.41. The van der Waals surface area contributed by atoms with Crippen molar-refractivity contribution in [3.05, 3.63) is 51.6 Å². The summed E-state index contributed by atoms with van der Waals surface area (Å²) < 4.78 is 23.8. The van der Waals surface area contributed by atoms with Crippen molar-refractivity contribution in [2.24, 2.45) is 0 Å². The number of nitrogens with zero attached hydrogens (tertiary/aromatic N) is 3. The topological polar surface area (TPSA) is 90.1 Å². The highest BCUT2D eigenvalue weighted by Gasteiger charge is 2.20. The van der Waals surface area contributed by atoms with E-state index in [0.29, 0.717) is 48.1 Å². The van der Waals surface area contributed by atoms with Crippen LogP contribution in [0.15, 0.2) is 29.0 Å². The summed E-state index contributed by atoms with van der Waals surface area (Å²) in [7, 11) is 0. The maximum atomic E-state index is 13.1. The van der Waals surface area contributed by atoms with Crippen LogP contribution in [-0.2, 0) is 17.6 Å². The van der Waals surface area contributed by atoms with E-state index in [2.05, 4.69) is 20.4 Å². The van der Waals surface area contributed by atoms with Gasteiger partial charge >= 0.3 is 0 Å². The van der Waals surface area contributed by atoms with Gasteiger partial charge in [-0.2, -0.15) is 0 Å². The van der Waals surface area contributed by atoms with E-state index in [9.17, 15) is 9.18 Å². The first kappa shape index (κ1) is 19.7. The molecule has 1 fully saturated rings. The molecule has 0 bridgehead atoms. The quantitative estimate of drug-likeness (QED) is 0.663. The van der Waals surface area contributed by atoms with Gasteiger partial charge < -0.3 is 14.6 Å². The van der Waals surface area contributed by atoms with Crippen LogP contribution in [0.1, 0.15) is 38.8 Å². The van der Waals surface area contributed by atoms with Crippen LogP contribution in [0.4, 0.5) is 4.39 Å². The van der Waals surface area contributed by atoms with Gasteiger partial charge in [-0.05, 0) is 38.3 Å². The lowest BCUT2D eigenvalue weighted by Crippen LogP contribution is -2.38. The third-order valence-corrected chi connectivity index (χ3v) is 5.93. The molecule has 1 aliphatic heterocycles. The molecule has 0 aliphatic carbocycles. The van der Waals surface area contributed by atoms with Crippen molar-refractivity contribution in [2.45, 2.75) is 38.6 Å². The average Bonchev–Trinajstić information content (AvgIpc) is 3.35. The number of hydrogen-bond acceptors (Lipinski definition) is 7. The Morgan fingerprint density at radius 3 is 2.83 bits per heavy atom. The van der Waals surface area contributed by atoms with Gasteiger partial charge in [0.1, 0.15) is 22.1 Å². The first-order valence-electron chi connectivity index (χ1n) is 9.50. The van der Waals surface area contributed by atoms with Crippen LogP contribution in [-0.4, -0.2) is 40.3 Å². The molecule has 0 atom stereocenters. The second-order valence-electron chi connectivity index (χ2n) is 6.91. The van der Waals surface area contributed by atoms with Crippen LogP contribution in [0.3, 0.4) is 0 Å². The molecule has 0 aromatic carbocycles. The van der Waals surface area contributed by atoms with Gasteiger partial charge in [-0.3, -0.25) is 9.78 Å². The fraction of sp³-hybridized carbons (Fsp3) is 0.400. The number of carbonyl (C=O) groups excluding carboxylic acids is 1. The van der Waals surface area contributed by atoms with E-state index in [-0.39, 0.29) is 11.9 Å². The summed E-state index contributed by atoms with van der Waals surface area (Å²) in [6.45, 7) is 3.20. The summed E-state index contributed by atoms with van der Waals surface area (Å²) in [6.07, 6.45) is 5.74. The fourth-order valence-corrected chi connectivity index (χ4v) is 4.08. The minimum absolute atomic E-state index is 0.0852. The Labute approximate surface area is 171 Å². The Bertz CT molecular complexity index is 980. The normalized spacial score (nSPS) is 14.8. The summed E-state index contributed by atoms with van der Waals surface area (Å²) in [6, 6.07) is 3.09. The van der Waals surface area contributed by atoms with E-state index < -0.39 is 5.82 Å². The number of halogens is 1. The first-order chi connectivity index (χ1) is 14.1. The minimum Gasteiger partial charge on any atom is -0.381 e. The van der Waals surface area contributed by atoms with E-state index >= 15 is 0 Å². The van der Waals surface area contributed by atoms with Crippen LogP contribution >= 0.6 is 11.3 Å². The summed E-state index contributed by atoms with van der Waals surface area (Å²) in [5.74, 6) is 0.211. The number of carbonyl (C=O) groups is 1. The number of aryl methyl sites for hydroxylation is 2. The van der Waals surface area contributed by atoms with Gasteiger partial charge in [0.2, 0.25) is 0 Å². The zero-order chi connectivity index (χ0) is 20.2. The van der Waals surface area contributed by atoms with E-state index in [1.54, 1.807) is 12.3 Å². The molecule has 0 radical (unpaired) electrons. The molecule has 1 N–H and O–H groups in total. The molecule has 9 heteroatoms. The molecule has 29 heavy (non-hydrogen) atoms. The SMILES string of the molecule is Cc1onc(-c2ccc(F)cn2)c1CCc1ncc(C(=O)NC2CCOCC2)s1. The van der Waals surface area contributed by atoms with Crippen molar-refractivity contribution in [1.29, 1.82) is 0 Å². The number of amides is 1. The lowest BCUT2D eigenvalue weighted by atomic mass is 10.1. The zero-order valence-electron chi connectivity index (χ0n) is 16.0. The molecule has 1 saturated heterocycles. The van der Waals surface area contributed by atoms with Gasteiger partial charge in [0, 0.05) is 31.2 Å². The number of hydrogen-bond donors (Lipinski definition) is 1. The Kier molecular flexibility index (Phi) is 5.96. The molecule has 0 saturated carbocycles. The Morgan fingerprint density at radius 2 is 2.07 bits per heavy atom. The largest absolute Gasteiger partial charge is 0.381 e. The van der Waals surface area contributed by atoms with Crippen molar-refractivity contribution in [2.75, 3.05) is 13.2 Å². The molecule has 152 valence electrons. The van der Waals surface area contributed by atoms with E-state index in [0.717, 1.165) is 29.6 Å². The second kappa shape index (κ2) is 8.79. The number of rotatable bonds is 6. The molecule has 0 spiro atoms. The lowest BCUT2D eigenvalue weighted by molar-refractivity contribution is 0.0698. The monoisotopic (exact) mass is 416 g/mol. The van der Waals surface area contributed by atoms with Crippen molar-refractivity contribution in [3.8, 4) is 11.4 Å². The van der Waals surface area contributed by atoms with Crippen LogP contribution in [0.2, 0.25) is 0 Å². The number of pyridine rings is 1. The van der Waals surface area contributed by atoms with Crippen molar-refractivity contribution in [3.63, 3.8) is 0 Å². The van der Waals surface area contributed by atoms with Gasteiger partial charge in [0.15, 0.2) is 0 Å². The van der Waals surface area contributed by atoms with Crippen LogP contribution < -0.4 is 5.32 Å². The van der Waals surface area contributed by atoms with E-state index in [1.165, 1.54) is 17.4 Å². The average molecular weight is 416 g/mol. The molecule has 4 rings (SSSR count). The van der Waals surface area contributed by atoms with Gasteiger partial charge in [-0.1, -0.05) is 5.16 Å². The van der Waals surface area contributed by atoms with Crippen LogP contribution in [0.25, 0.3) is 11.4 Å². The fourth-order valence-electron chi connectivity index (χ4n) is 3.26. The molecule has 7 nitrogen and oxygen atoms in total. The highest BCUT2D eigenvalue weighted by Crippen LogP contribution is 2.26. The van der Waals surface area contributed by atoms with Crippen molar-refractivity contribution >= 4 is 17.2 Å². The second-order valence-corrected chi connectivity index (χ2v) is 8.02. The minimum atomic E-state index is -0.398. The third kappa shape index (κ3) is 4.68. The summed E-state index contributed by atoms with van der Waals surface area (Å²) in [5.41, 5.74) is 2.08. The predicted octanol–water partition coefficient (Wildman–Crippen LogP) is 3.33. The zero-order valence-corrected chi connectivity index (χ0v) is 16.8. The van der Waals surface area contributed by atoms with Gasteiger partial charge in [-0.15, -0.1) is 11.3 Å². The molecule has 3 aromatic heterocycles. The maximum absolute atomic E-state index is 13.1. The summed E-state index contributed by atoms with van der Waals surface area (Å²) in [4.78, 5) is 21.5. The highest BCUT2D eigenvalue weighted by molar-refractivity contribution is 7.13. The van der Waals surface area contributed by atoms with Gasteiger partial charge in [-0.25, -0.2) is 9.37 Å². The van der Waals surface area contributed by atoms with Crippen LogP contribution in [0, 0.1) is 12.7 Å². The van der Waals surface area contributed by atoms with E-state index in [1.807, 2.05) is 6.92 Å². The van der Waals surface area contributed by atoms with Crippen LogP contribution in [0.5, 0.6) is 0 Å². The predicted molar refractivity (Wildman–Crippen MR) is 105 cm³/mol. The number of thiazole rings is 1. The highest BCUT2D eigenvalue weighted by atomic mass is 32.1. The molecule has 1 aliphatic rings. The lowest BCUT2D eigenvalue weighted by Gasteiger charge is -2.22. The molecule has 4 heterocycles. The van der Waals surface area contributed by atoms with Crippen molar-refractivity contribution < 1.29 is 18.4 Å². The molecule has 3 aromatic rings. The summed E-state index contributed by atoms with van der Waals surface area (Å²) in [5, 5.41) is 7.99. The smallest absolute Gasteiger partial charge is 0.263 e. The first-order valence-corrected chi connectivity index (χ1v) is 10.3.